The van der Waals surface area contributed by atoms with E-state index in [9.17, 15) is 4.79 Å². The first-order valence-electron chi connectivity index (χ1n) is 4.48. The number of hydrogen-bond acceptors (Lipinski definition) is 2. The van der Waals surface area contributed by atoms with Crippen LogP contribution in [0.3, 0.4) is 0 Å². The van der Waals surface area contributed by atoms with E-state index in [1.807, 2.05) is 0 Å². The summed E-state index contributed by atoms with van der Waals surface area (Å²) < 4.78 is 0. The van der Waals surface area contributed by atoms with E-state index in [1.165, 1.54) is 25.7 Å². The van der Waals surface area contributed by atoms with Gasteiger partial charge in [0.25, 0.3) is 0 Å². The minimum atomic E-state index is -0.254. The van der Waals surface area contributed by atoms with Gasteiger partial charge in [0.1, 0.15) is 5.78 Å². The minimum Gasteiger partial charge on any atom is -0.322 e. The molecule has 1 fully saturated rings. The van der Waals surface area contributed by atoms with Crippen molar-refractivity contribution in [1.29, 1.82) is 0 Å². The molecule has 0 aromatic rings. The molecule has 0 radical (unpaired) electrons. The Hall–Kier alpha value is -0.370. The third-order valence-electron chi connectivity index (χ3n) is 2.47. The van der Waals surface area contributed by atoms with E-state index >= 15 is 0 Å². The first-order valence-corrected chi connectivity index (χ1v) is 4.48. The lowest BCUT2D eigenvalue weighted by Crippen LogP contribution is -2.27. The molecule has 1 saturated carbocycles. The summed E-state index contributed by atoms with van der Waals surface area (Å²) in [6.45, 7) is 1.78. The fraction of sp³-hybridized carbons (Fsp3) is 0.889. The lowest BCUT2D eigenvalue weighted by molar-refractivity contribution is -0.120. The normalized spacial score (nSPS) is 22.0. The van der Waals surface area contributed by atoms with Crippen molar-refractivity contribution in [3.8, 4) is 0 Å². The van der Waals surface area contributed by atoms with Gasteiger partial charge in [0.05, 0.1) is 6.04 Å². The summed E-state index contributed by atoms with van der Waals surface area (Å²) in [5, 5.41) is 0. The van der Waals surface area contributed by atoms with Gasteiger partial charge < -0.3 is 5.73 Å². The standard InChI is InChI=1S/C9H17NO/c1-7(10)9(11)6-8-4-2-3-5-8/h7-8H,2-6,10H2,1H3/t7-/m1/s1. The average Bonchev–Trinajstić information content (AvgIpc) is 2.39. The molecule has 1 aliphatic rings. The fourth-order valence-electron chi connectivity index (χ4n) is 1.68. The van der Waals surface area contributed by atoms with Crippen LogP contribution >= 0.6 is 0 Å². The highest BCUT2D eigenvalue weighted by Crippen LogP contribution is 2.27. The lowest BCUT2D eigenvalue weighted by Gasteiger charge is -2.09. The van der Waals surface area contributed by atoms with Crippen molar-refractivity contribution < 1.29 is 4.79 Å². The summed E-state index contributed by atoms with van der Waals surface area (Å²) in [5.41, 5.74) is 5.46. The number of nitrogens with two attached hydrogens (primary N) is 1. The first-order chi connectivity index (χ1) is 5.20. The molecule has 0 aromatic heterocycles. The maximum atomic E-state index is 11.2. The summed E-state index contributed by atoms with van der Waals surface area (Å²) in [4.78, 5) is 11.2. The highest BCUT2D eigenvalue weighted by atomic mass is 16.1. The molecule has 0 saturated heterocycles. The smallest absolute Gasteiger partial charge is 0.149 e. The van der Waals surface area contributed by atoms with E-state index in [4.69, 9.17) is 5.73 Å². The summed E-state index contributed by atoms with van der Waals surface area (Å²) in [5.74, 6) is 0.880. The SMILES string of the molecule is C[C@@H](N)C(=O)CC1CCCC1. The Morgan fingerprint density at radius 3 is 2.55 bits per heavy atom. The third kappa shape index (κ3) is 2.62. The van der Waals surface area contributed by atoms with Gasteiger partial charge in [0.2, 0.25) is 0 Å². The van der Waals surface area contributed by atoms with Crippen LogP contribution in [0.5, 0.6) is 0 Å². The molecule has 64 valence electrons. The molecule has 2 N–H and O–H groups in total. The molecular weight excluding hydrogens is 138 g/mol. The van der Waals surface area contributed by atoms with Crippen molar-refractivity contribution in [2.75, 3.05) is 0 Å². The van der Waals surface area contributed by atoms with Crippen LogP contribution in [0.1, 0.15) is 39.0 Å². The van der Waals surface area contributed by atoms with Gasteiger partial charge in [-0.15, -0.1) is 0 Å². The molecule has 0 aromatic carbocycles. The van der Waals surface area contributed by atoms with E-state index in [2.05, 4.69) is 0 Å². The van der Waals surface area contributed by atoms with E-state index < -0.39 is 0 Å². The zero-order valence-corrected chi connectivity index (χ0v) is 7.18. The average molecular weight is 155 g/mol. The van der Waals surface area contributed by atoms with Crippen LogP contribution in [-0.4, -0.2) is 11.8 Å². The van der Waals surface area contributed by atoms with Gasteiger partial charge >= 0.3 is 0 Å². The number of ketones is 1. The molecule has 2 nitrogen and oxygen atoms in total. The predicted molar refractivity (Wildman–Crippen MR) is 45.2 cm³/mol. The zero-order valence-electron chi connectivity index (χ0n) is 7.18. The molecule has 0 bridgehead atoms. The highest BCUT2D eigenvalue weighted by Gasteiger charge is 2.19. The van der Waals surface area contributed by atoms with E-state index in [0.29, 0.717) is 5.92 Å². The maximum absolute atomic E-state index is 11.2. The van der Waals surface area contributed by atoms with Crippen molar-refractivity contribution in [3.63, 3.8) is 0 Å². The van der Waals surface area contributed by atoms with Crippen LogP contribution < -0.4 is 5.73 Å². The Bertz CT molecular complexity index is 136. The number of hydrogen-bond donors (Lipinski definition) is 1. The summed E-state index contributed by atoms with van der Waals surface area (Å²) >= 11 is 0. The molecule has 0 aliphatic heterocycles. The topological polar surface area (TPSA) is 43.1 Å². The number of carbonyl (C=O) groups is 1. The summed E-state index contributed by atoms with van der Waals surface area (Å²) in [6.07, 6.45) is 5.79. The largest absolute Gasteiger partial charge is 0.322 e. The van der Waals surface area contributed by atoms with Crippen LogP contribution in [0.25, 0.3) is 0 Å². The molecule has 1 atom stereocenters. The monoisotopic (exact) mass is 155 g/mol. The summed E-state index contributed by atoms with van der Waals surface area (Å²) in [7, 11) is 0. The fourth-order valence-corrected chi connectivity index (χ4v) is 1.68. The number of carbonyl (C=O) groups excluding carboxylic acids is 1. The third-order valence-corrected chi connectivity index (χ3v) is 2.47. The van der Waals surface area contributed by atoms with Gasteiger partial charge in [-0.3, -0.25) is 4.79 Å². The van der Waals surface area contributed by atoms with Gasteiger partial charge in [0.15, 0.2) is 0 Å². The molecule has 1 aliphatic carbocycles. The van der Waals surface area contributed by atoms with Crippen molar-refractivity contribution >= 4 is 5.78 Å². The molecule has 1 rings (SSSR count). The van der Waals surface area contributed by atoms with Gasteiger partial charge in [-0.1, -0.05) is 25.7 Å². The van der Waals surface area contributed by atoms with Crippen molar-refractivity contribution in [2.45, 2.75) is 45.1 Å². The molecule has 0 heterocycles. The van der Waals surface area contributed by atoms with Crippen molar-refractivity contribution in [3.05, 3.63) is 0 Å². The van der Waals surface area contributed by atoms with E-state index in [-0.39, 0.29) is 11.8 Å². The highest BCUT2D eigenvalue weighted by molar-refractivity contribution is 5.83. The minimum absolute atomic E-state index is 0.233. The maximum Gasteiger partial charge on any atom is 0.149 e. The Morgan fingerprint density at radius 1 is 1.55 bits per heavy atom. The second-order valence-corrected chi connectivity index (χ2v) is 3.61. The van der Waals surface area contributed by atoms with Crippen LogP contribution in [-0.2, 0) is 4.79 Å². The molecule has 0 unspecified atom stereocenters. The second kappa shape index (κ2) is 3.86. The molecule has 2 heteroatoms. The molecule has 0 spiro atoms. The number of rotatable bonds is 3. The number of Topliss-reactive ketones (excluding diaryl/α,β-unsaturated/α-hetero) is 1. The van der Waals surface area contributed by atoms with E-state index in [1.54, 1.807) is 6.92 Å². The molecular formula is C9H17NO. The van der Waals surface area contributed by atoms with Crippen molar-refractivity contribution in [2.24, 2.45) is 11.7 Å². The van der Waals surface area contributed by atoms with Crippen LogP contribution in [0.15, 0.2) is 0 Å². The van der Waals surface area contributed by atoms with Gasteiger partial charge in [-0.05, 0) is 12.8 Å². The summed E-state index contributed by atoms with van der Waals surface area (Å²) in [6, 6.07) is -0.254. The van der Waals surface area contributed by atoms with Gasteiger partial charge in [-0.25, -0.2) is 0 Å². The van der Waals surface area contributed by atoms with Crippen LogP contribution in [0.2, 0.25) is 0 Å². The Labute approximate surface area is 68.2 Å². The lowest BCUT2D eigenvalue weighted by atomic mass is 9.98. The second-order valence-electron chi connectivity index (χ2n) is 3.61. The molecule has 11 heavy (non-hydrogen) atoms. The molecule has 0 amide bonds. The Balaban J connectivity index is 2.24. The van der Waals surface area contributed by atoms with Crippen molar-refractivity contribution in [1.82, 2.24) is 0 Å². The zero-order chi connectivity index (χ0) is 8.27. The Kier molecular flexibility index (Phi) is 3.06. The van der Waals surface area contributed by atoms with Gasteiger partial charge in [-0.2, -0.15) is 0 Å². The van der Waals surface area contributed by atoms with E-state index in [0.717, 1.165) is 6.42 Å². The van der Waals surface area contributed by atoms with Crippen LogP contribution in [0, 0.1) is 5.92 Å². The first kappa shape index (κ1) is 8.72. The predicted octanol–water partition coefficient (Wildman–Crippen LogP) is 1.48. The Morgan fingerprint density at radius 2 is 2.09 bits per heavy atom. The van der Waals surface area contributed by atoms with Gasteiger partial charge in [0, 0.05) is 6.42 Å². The quantitative estimate of drug-likeness (QED) is 0.671. The van der Waals surface area contributed by atoms with Crippen LogP contribution in [0.4, 0.5) is 0 Å².